The zero-order valence-corrected chi connectivity index (χ0v) is 10.2. The second kappa shape index (κ2) is 5.77. The summed E-state index contributed by atoms with van der Waals surface area (Å²) >= 11 is 1.76. The molecule has 2 rings (SSSR count). The van der Waals surface area contributed by atoms with E-state index in [0.29, 0.717) is 6.04 Å². The number of hydrogen-bond acceptors (Lipinski definition) is 3. The molecule has 0 aliphatic rings. The molecule has 0 fully saturated rings. The van der Waals surface area contributed by atoms with Gasteiger partial charge in [0.25, 0.3) is 0 Å². The van der Waals surface area contributed by atoms with Crippen molar-refractivity contribution in [3.8, 4) is 0 Å². The van der Waals surface area contributed by atoms with Crippen LogP contribution in [0.4, 0.5) is 0 Å². The van der Waals surface area contributed by atoms with E-state index in [4.69, 9.17) is 0 Å². The van der Waals surface area contributed by atoms with Gasteiger partial charge in [0.2, 0.25) is 0 Å². The van der Waals surface area contributed by atoms with Crippen molar-refractivity contribution in [2.45, 2.75) is 18.9 Å². The second-order valence-electron chi connectivity index (χ2n) is 3.88. The number of nitrogens with one attached hydrogen (secondary N) is 1. The third-order valence-corrected chi connectivity index (χ3v) is 3.43. The van der Waals surface area contributed by atoms with Crippen LogP contribution >= 0.6 is 11.3 Å². The lowest BCUT2D eigenvalue weighted by molar-refractivity contribution is 0.557. The zero-order chi connectivity index (χ0) is 11.2. The monoisotopic (exact) mass is 232 g/mol. The van der Waals surface area contributed by atoms with Crippen LogP contribution in [0.5, 0.6) is 0 Å². The van der Waals surface area contributed by atoms with Gasteiger partial charge in [-0.3, -0.25) is 4.98 Å². The molecule has 2 aromatic rings. The molecule has 1 atom stereocenters. The Labute approximate surface area is 100 Å². The predicted octanol–water partition coefficient (Wildman–Crippen LogP) is 2.52. The van der Waals surface area contributed by atoms with E-state index in [0.717, 1.165) is 12.8 Å². The topological polar surface area (TPSA) is 24.9 Å². The quantitative estimate of drug-likeness (QED) is 0.857. The van der Waals surface area contributed by atoms with Gasteiger partial charge in [-0.05, 0) is 60.0 Å². The third-order valence-electron chi connectivity index (χ3n) is 2.70. The van der Waals surface area contributed by atoms with Crippen LogP contribution in [0.15, 0.2) is 41.4 Å². The summed E-state index contributed by atoms with van der Waals surface area (Å²) < 4.78 is 0. The van der Waals surface area contributed by atoms with Crippen molar-refractivity contribution in [3.63, 3.8) is 0 Å². The zero-order valence-electron chi connectivity index (χ0n) is 9.39. The molecule has 0 radical (unpaired) electrons. The lowest BCUT2D eigenvalue weighted by Crippen LogP contribution is -2.29. The highest BCUT2D eigenvalue weighted by molar-refractivity contribution is 7.07. The first kappa shape index (κ1) is 11.3. The summed E-state index contributed by atoms with van der Waals surface area (Å²) in [6, 6.07) is 6.86. The van der Waals surface area contributed by atoms with Crippen molar-refractivity contribution in [2.24, 2.45) is 0 Å². The van der Waals surface area contributed by atoms with E-state index < -0.39 is 0 Å². The van der Waals surface area contributed by atoms with Gasteiger partial charge >= 0.3 is 0 Å². The minimum absolute atomic E-state index is 0.497. The fourth-order valence-electron chi connectivity index (χ4n) is 1.77. The van der Waals surface area contributed by atoms with E-state index in [-0.39, 0.29) is 0 Å². The summed E-state index contributed by atoms with van der Waals surface area (Å²) in [6.07, 6.45) is 5.84. The maximum Gasteiger partial charge on any atom is 0.0270 e. The highest BCUT2D eigenvalue weighted by atomic mass is 32.1. The number of nitrogens with zero attached hydrogens (tertiary/aromatic N) is 1. The van der Waals surface area contributed by atoms with Crippen molar-refractivity contribution in [1.29, 1.82) is 0 Å². The molecule has 2 heterocycles. The number of rotatable bonds is 5. The van der Waals surface area contributed by atoms with Crippen LogP contribution in [-0.4, -0.2) is 18.1 Å². The fourth-order valence-corrected chi connectivity index (χ4v) is 2.45. The standard InChI is InChI=1S/C13H16N2S/c1-14-13(9-12-4-7-16-10-12)8-11-2-5-15-6-3-11/h2-7,10,13-14H,8-9H2,1H3. The van der Waals surface area contributed by atoms with Gasteiger partial charge in [-0.2, -0.15) is 11.3 Å². The maximum absolute atomic E-state index is 4.04. The number of aromatic nitrogens is 1. The van der Waals surface area contributed by atoms with Crippen LogP contribution in [0.3, 0.4) is 0 Å². The van der Waals surface area contributed by atoms with E-state index in [1.807, 2.05) is 19.4 Å². The molecule has 2 aromatic heterocycles. The van der Waals surface area contributed by atoms with E-state index in [9.17, 15) is 0 Å². The molecule has 0 spiro atoms. The Kier molecular flexibility index (Phi) is 4.08. The van der Waals surface area contributed by atoms with Gasteiger partial charge in [-0.15, -0.1) is 0 Å². The maximum atomic E-state index is 4.04. The van der Waals surface area contributed by atoms with E-state index in [2.05, 4.69) is 39.3 Å². The molecule has 0 saturated carbocycles. The highest BCUT2D eigenvalue weighted by Crippen LogP contribution is 2.11. The molecule has 16 heavy (non-hydrogen) atoms. The average Bonchev–Trinajstić information content (AvgIpc) is 2.82. The first-order chi connectivity index (χ1) is 7.88. The van der Waals surface area contributed by atoms with Crippen molar-refractivity contribution in [1.82, 2.24) is 10.3 Å². The Morgan fingerprint density at radius 3 is 2.56 bits per heavy atom. The van der Waals surface area contributed by atoms with Crippen molar-refractivity contribution >= 4 is 11.3 Å². The van der Waals surface area contributed by atoms with Crippen molar-refractivity contribution in [2.75, 3.05) is 7.05 Å². The van der Waals surface area contributed by atoms with Gasteiger partial charge in [0.15, 0.2) is 0 Å². The molecule has 1 N–H and O–H groups in total. The van der Waals surface area contributed by atoms with Gasteiger partial charge in [-0.25, -0.2) is 0 Å². The summed E-state index contributed by atoms with van der Waals surface area (Å²) in [5.74, 6) is 0. The van der Waals surface area contributed by atoms with Crippen LogP contribution in [0.25, 0.3) is 0 Å². The van der Waals surface area contributed by atoms with Gasteiger partial charge in [0, 0.05) is 18.4 Å². The molecular formula is C13H16N2S. The first-order valence-electron chi connectivity index (χ1n) is 5.45. The highest BCUT2D eigenvalue weighted by Gasteiger charge is 2.08. The summed E-state index contributed by atoms with van der Waals surface area (Å²) in [7, 11) is 2.03. The minimum Gasteiger partial charge on any atom is -0.316 e. The molecule has 0 amide bonds. The number of pyridine rings is 1. The molecule has 0 aliphatic heterocycles. The van der Waals surface area contributed by atoms with Gasteiger partial charge in [0.1, 0.15) is 0 Å². The Morgan fingerprint density at radius 1 is 1.19 bits per heavy atom. The molecule has 0 aliphatic carbocycles. The molecular weight excluding hydrogens is 216 g/mol. The number of likely N-dealkylation sites (N-methyl/N-ethyl adjacent to an activating group) is 1. The fraction of sp³-hybridized carbons (Fsp3) is 0.308. The van der Waals surface area contributed by atoms with E-state index in [1.165, 1.54) is 11.1 Å². The van der Waals surface area contributed by atoms with Gasteiger partial charge < -0.3 is 5.32 Å². The molecule has 2 nitrogen and oxygen atoms in total. The van der Waals surface area contributed by atoms with E-state index >= 15 is 0 Å². The second-order valence-corrected chi connectivity index (χ2v) is 4.66. The average molecular weight is 232 g/mol. The Hall–Kier alpha value is -1.19. The van der Waals surface area contributed by atoms with Gasteiger partial charge in [-0.1, -0.05) is 0 Å². The predicted molar refractivity (Wildman–Crippen MR) is 68.8 cm³/mol. The summed E-state index contributed by atoms with van der Waals surface area (Å²) in [4.78, 5) is 4.04. The van der Waals surface area contributed by atoms with Crippen molar-refractivity contribution in [3.05, 3.63) is 52.5 Å². The summed E-state index contributed by atoms with van der Waals surface area (Å²) in [5.41, 5.74) is 2.75. The molecule has 84 valence electrons. The van der Waals surface area contributed by atoms with Crippen LogP contribution in [-0.2, 0) is 12.8 Å². The van der Waals surface area contributed by atoms with Crippen LogP contribution < -0.4 is 5.32 Å². The normalized spacial score (nSPS) is 12.6. The number of hydrogen-bond donors (Lipinski definition) is 1. The molecule has 3 heteroatoms. The van der Waals surface area contributed by atoms with E-state index in [1.54, 1.807) is 11.3 Å². The van der Waals surface area contributed by atoms with Crippen LogP contribution in [0.2, 0.25) is 0 Å². The molecule has 0 aromatic carbocycles. The summed E-state index contributed by atoms with van der Waals surface area (Å²) in [5, 5.41) is 7.73. The molecule has 1 unspecified atom stereocenters. The van der Waals surface area contributed by atoms with Crippen LogP contribution in [0, 0.1) is 0 Å². The van der Waals surface area contributed by atoms with Gasteiger partial charge in [0.05, 0.1) is 0 Å². The lowest BCUT2D eigenvalue weighted by atomic mass is 10.0. The third kappa shape index (κ3) is 3.15. The largest absolute Gasteiger partial charge is 0.316 e. The summed E-state index contributed by atoms with van der Waals surface area (Å²) in [6.45, 7) is 0. The Morgan fingerprint density at radius 2 is 1.94 bits per heavy atom. The minimum atomic E-state index is 0.497. The molecule has 0 saturated heterocycles. The lowest BCUT2D eigenvalue weighted by Gasteiger charge is -2.15. The Balaban J connectivity index is 1.96. The SMILES string of the molecule is CNC(Cc1ccncc1)Cc1ccsc1. The number of thiophene rings is 1. The Bertz CT molecular complexity index is 397. The van der Waals surface area contributed by atoms with Crippen molar-refractivity contribution < 1.29 is 0 Å². The van der Waals surface area contributed by atoms with Crippen LogP contribution in [0.1, 0.15) is 11.1 Å². The molecule has 0 bridgehead atoms. The smallest absolute Gasteiger partial charge is 0.0270 e. The first-order valence-corrected chi connectivity index (χ1v) is 6.40.